The number of anilines is 1. The van der Waals surface area contributed by atoms with Gasteiger partial charge >= 0.3 is 0 Å². The fourth-order valence-electron chi connectivity index (χ4n) is 2.43. The second-order valence-electron chi connectivity index (χ2n) is 4.84. The third kappa shape index (κ3) is 2.81. The first-order valence-electron chi connectivity index (χ1n) is 6.87. The lowest BCUT2D eigenvalue weighted by Gasteiger charge is -2.07. The first kappa shape index (κ1) is 14.1. The summed E-state index contributed by atoms with van der Waals surface area (Å²) in [7, 11) is 0. The molecule has 0 aliphatic heterocycles. The van der Waals surface area contributed by atoms with Crippen molar-refractivity contribution in [2.75, 3.05) is 5.32 Å². The highest BCUT2D eigenvalue weighted by Gasteiger charge is 2.12. The summed E-state index contributed by atoms with van der Waals surface area (Å²) < 4.78 is 19.6. The van der Waals surface area contributed by atoms with Crippen LogP contribution in [0.5, 0.6) is 0 Å². The van der Waals surface area contributed by atoms with Crippen LogP contribution in [0, 0.1) is 5.82 Å². The van der Waals surface area contributed by atoms with Gasteiger partial charge in [-0.15, -0.1) is 0 Å². The molecule has 0 aliphatic carbocycles. The summed E-state index contributed by atoms with van der Waals surface area (Å²) in [5.41, 5.74) is 2.94. The first-order valence-corrected chi connectivity index (χ1v) is 7.66. The van der Waals surface area contributed by atoms with E-state index in [2.05, 4.69) is 34.2 Å². The molecular formula is C17H15BrFNO. The normalized spacial score (nSPS) is 11.0. The van der Waals surface area contributed by atoms with E-state index < -0.39 is 0 Å². The molecule has 0 fully saturated rings. The van der Waals surface area contributed by atoms with E-state index in [1.165, 1.54) is 6.07 Å². The van der Waals surface area contributed by atoms with Gasteiger partial charge in [0.25, 0.3) is 0 Å². The van der Waals surface area contributed by atoms with Crippen molar-refractivity contribution in [2.45, 2.75) is 19.9 Å². The zero-order chi connectivity index (χ0) is 14.8. The zero-order valence-corrected chi connectivity index (χ0v) is 13.2. The van der Waals surface area contributed by atoms with E-state index >= 15 is 0 Å². The van der Waals surface area contributed by atoms with Crippen LogP contribution in [0.2, 0.25) is 0 Å². The molecule has 0 atom stereocenters. The first-order chi connectivity index (χ1) is 10.2. The molecule has 4 heteroatoms. The second kappa shape index (κ2) is 5.90. The Labute approximate surface area is 131 Å². The number of aryl methyl sites for hydroxylation is 1. The van der Waals surface area contributed by atoms with Crippen LogP contribution in [0.15, 0.2) is 51.4 Å². The van der Waals surface area contributed by atoms with Gasteiger partial charge in [-0.2, -0.15) is 0 Å². The van der Waals surface area contributed by atoms with Gasteiger partial charge in [0, 0.05) is 29.6 Å². The number of furan rings is 1. The van der Waals surface area contributed by atoms with Crippen LogP contribution >= 0.6 is 15.9 Å². The van der Waals surface area contributed by atoms with Crippen molar-refractivity contribution in [3.05, 3.63) is 64.1 Å². The van der Waals surface area contributed by atoms with Crippen molar-refractivity contribution >= 4 is 32.6 Å². The topological polar surface area (TPSA) is 25.2 Å². The Morgan fingerprint density at radius 1 is 1.19 bits per heavy atom. The fourth-order valence-corrected chi connectivity index (χ4v) is 2.80. The monoisotopic (exact) mass is 347 g/mol. The zero-order valence-electron chi connectivity index (χ0n) is 11.6. The van der Waals surface area contributed by atoms with Crippen LogP contribution < -0.4 is 5.32 Å². The van der Waals surface area contributed by atoms with E-state index in [0.717, 1.165) is 34.4 Å². The standard InChI is InChI=1S/C17H15BrFNO/c1-2-16-13(12-5-3-4-6-17(12)21-16)10-20-11-7-8-15(19)14(18)9-11/h3-9,20H,2,10H2,1H3. The number of fused-ring (bicyclic) bond motifs is 1. The van der Waals surface area contributed by atoms with Gasteiger partial charge < -0.3 is 9.73 Å². The molecule has 2 nitrogen and oxygen atoms in total. The van der Waals surface area contributed by atoms with Crippen LogP contribution in [0.4, 0.5) is 10.1 Å². The van der Waals surface area contributed by atoms with Crippen LogP contribution in [-0.4, -0.2) is 0 Å². The maximum Gasteiger partial charge on any atom is 0.137 e. The lowest BCUT2D eigenvalue weighted by atomic mass is 10.1. The van der Waals surface area contributed by atoms with E-state index in [1.807, 2.05) is 18.2 Å². The SMILES string of the molecule is CCc1oc2ccccc2c1CNc1ccc(F)c(Br)c1. The van der Waals surface area contributed by atoms with E-state index in [1.54, 1.807) is 12.1 Å². The quantitative estimate of drug-likeness (QED) is 0.673. The van der Waals surface area contributed by atoms with Crippen molar-refractivity contribution in [3.8, 4) is 0 Å². The summed E-state index contributed by atoms with van der Waals surface area (Å²) in [6.45, 7) is 2.73. The number of para-hydroxylation sites is 1. The predicted molar refractivity (Wildman–Crippen MR) is 87.0 cm³/mol. The van der Waals surface area contributed by atoms with E-state index in [-0.39, 0.29) is 5.82 Å². The molecule has 0 saturated carbocycles. The lowest BCUT2D eigenvalue weighted by Crippen LogP contribution is -2.01. The molecule has 0 unspecified atom stereocenters. The molecule has 0 saturated heterocycles. The highest BCUT2D eigenvalue weighted by Crippen LogP contribution is 2.27. The number of benzene rings is 2. The van der Waals surface area contributed by atoms with Crippen LogP contribution in [-0.2, 0) is 13.0 Å². The highest BCUT2D eigenvalue weighted by atomic mass is 79.9. The molecule has 0 radical (unpaired) electrons. The molecule has 3 aromatic rings. The number of halogens is 2. The Bertz CT molecular complexity index is 782. The average molecular weight is 348 g/mol. The largest absolute Gasteiger partial charge is 0.461 e. The molecule has 1 aromatic heterocycles. The molecule has 0 aliphatic rings. The summed E-state index contributed by atoms with van der Waals surface area (Å²) in [5, 5.41) is 4.45. The molecule has 0 spiro atoms. The van der Waals surface area contributed by atoms with Gasteiger partial charge in [0.05, 0.1) is 4.47 Å². The molecule has 1 N–H and O–H groups in total. The summed E-state index contributed by atoms with van der Waals surface area (Å²) in [4.78, 5) is 0. The van der Waals surface area contributed by atoms with Crippen molar-refractivity contribution in [1.82, 2.24) is 0 Å². The Morgan fingerprint density at radius 2 is 2.00 bits per heavy atom. The molecule has 108 valence electrons. The third-order valence-electron chi connectivity index (χ3n) is 3.49. The van der Waals surface area contributed by atoms with E-state index in [9.17, 15) is 4.39 Å². The number of nitrogens with one attached hydrogen (secondary N) is 1. The van der Waals surface area contributed by atoms with Gasteiger partial charge in [0.15, 0.2) is 0 Å². The molecule has 21 heavy (non-hydrogen) atoms. The molecule has 0 amide bonds. The fraction of sp³-hybridized carbons (Fsp3) is 0.176. The molecule has 3 rings (SSSR count). The predicted octanol–water partition coefficient (Wildman–Crippen LogP) is 5.51. The smallest absolute Gasteiger partial charge is 0.137 e. The molecule has 1 heterocycles. The van der Waals surface area contributed by atoms with Gasteiger partial charge in [-0.3, -0.25) is 0 Å². The van der Waals surface area contributed by atoms with Crippen molar-refractivity contribution in [3.63, 3.8) is 0 Å². The molecular weight excluding hydrogens is 333 g/mol. The summed E-state index contributed by atoms with van der Waals surface area (Å²) >= 11 is 3.20. The number of hydrogen-bond donors (Lipinski definition) is 1. The number of rotatable bonds is 4. The van der Waals surface area contributed by atoms with E-state index in [4.69, 9.17) is 4.42 Å². The van der Waals surface area contributed by atoms with Gasteiger partial charge in [0.1, 0.15) is 17.2 Å². The Kier molecular flexibility index (Phi) is 3.97. The Morgan fingerprint density at radius 3 is 2.76 bits per heavy atom. The summed E-state index contributed by atoms with van der Waals surface area (Å²) in [6, 6.07) is 12.9. The Hall–Kier alpha value is -1.81. The van der Waals surface area contributed by atoms with Crippen LogP contribution in [0.3, 0.4) is 0 Å². The van der Waals surface area contributed by atoms with Crippen molar-refractivity contribution in [2.24, 2.45) is 0 Å². The lowest BCUT2D eigenvalue weighted by molar-refractivity contribution is 0.551. The van der Waals surface area contributed by atoms with Crippen molar-refractivity contribution in [1.29, 1.82) is 0 Å². The third-order valence-corrected chi connectivity index (χ3v) is 4.10. The molecule has 2 aromatic carbocycles. The maximum absolute atomic E-state index is 13.2. The Balaban J connectivity index is 1.89. The van der Waals surface area contributed by atoms with Gasteiger partial charge in [-0.1, -0.05) is 25.1 Å². The van der Waals surface area contributed by atoms with Gasteiger partial charge in [-0.25, -0.2) is 4.39 Å². The molecule has 0 bridgehead atoms. The van der Waals surface area contributed by atoms with Crippen molar-refractivity contribution < 1.29 is 8.81 Å². The minimum Gasteiger partial charge on any atom is -0.461 e. The maximum atomic E-state index is 13.2. The van der Waals surface area contributed by atoms with E-state index in [0.29, 0.717) is 11.0 Å². The second-order valence-corrected chi connectivity index (χ2v) is 5.69. The van der Waals surface area contributed by atoms with Crippen LogP contribution in [0.1, 0.15) is 18.2 Å². The number of hydrogen-bond acceptors (Lipinski definition) is 2. The highest BCUT2D eigenvalue weighted by molar-refractivity contribution is 9.10. The minimum atomic E-state index is -0.261. The summed E-state index contributed by atoms with van der Waals surface area (Å²) in [6.07, 6.45) is 0.846. The van der Waals surface area contributed by atoms with Gasteiger partial charge in [0.2, 0.25) is 0 Å². The van der Waals surface area contributed by atoms with Gasteiger partial charge in [-0.05, 0) is 40.2 Å². The minimum absolute atomic E-state index is 0.261. The summed E-state index contributed by atoms with van der Waals surface area (Å²) in [5.74, 6) is 0.730. The van der Waals surface area contributed by atoms with Crippen LogP contribution in [0.25, 0.3) is 11.0 Å². The average Bonchev–Trinajstić information content (AvgIpc) is 2.86.